The van der Waals surface area contributed by atoms with E-state index in [2.05, 4.69) is 25.9 Å². The van der Waals surface area contributed by atoms with Crippen LogP contribution >= 0.6 is 0 Å². The Balaban J connectivity index is 1.46. The topological polar surface area (TPSA) is 68.2 Å². The highest BCUT2D eigenvalue weighted by atomic mass is 16.5. The molecule has 1 aliphatic rings. The van der Waals surface area contributed by atoms with Crippen LogP contribution in [0.4, 0.5) is 0 Å². The van der Waals surface area contributed by atoms with Crippen molar-refractivity contribution in [2.24, 2.45) is 0 Å². The molecular weight excluding hydrogens is 330 g/mol. The van der Waals surface area contributed by atoms with Crippen LogP contribution in [0, 0.1) is 0 Å². The highest BCUT2D eigenvalue weighted by Gasteiger charge is 2.20. The van der Waals surface area contributed by atoms with E-state index in [0.29, 0.717) is 6.61 Å². The molecule has 0 amide bonds. The summed E-state index contributed by atoms with van der Waals surface area (Å²) in [6.07, 6.45) is 8.25. The summed E-state index contributed by atoms with van der Waals surface area (Å²) in [4.78, 5) is 14.1. The fraction of sp³-hybridized carbons (Fsp3) is 0.368. The van der Waals surface area contributed by atoms with Crippen molar-refractivity contribution in [1.29, 1.82) is 0 Å². The quantitative estimate of drug-likeness (QED) is 0.706. The summed E-state index contributed by atoms with van der Waals surface area (Å²) in [5, 5.41) is 0. The van der Waals surface area contributed by atoms with E-state index < -0.39 is 0 Å². The van der Waals surface area contributed by atoms with Crippen LogP contribution < -0.4 is 9.47 Å². The largest absolute Gasteiger partial charge is 0.493 e. The predicted molar refractivity (Wildman–Crippen MR) is 97.1 cm³/mol. The molecule has 7 heteroatoms. The minimum Gasteiger partial charge on any atom is -0.493 e. The molecule has 0 atom stereocenters. The van der Waals surface area contributed by atoms with Crippen LogP contribution in [0.1, 0.15) is 17.0 Å². The van der Waals surface area contributed by atoms with E-state index >= 15 is 0 Å². The molecule has 136 valence electrons. The first kappa shape index (κ1) is 16.7. The van der Waals surface area contributed by atoms with Gasteiger partial charge in [-0.3, -0.25) is 4.90 Å². The van der Waals surface area contributed by atoms with Gasteiger partial charge in [-0.15, -0.1) is 0 Å². The molecule has 0 aliphatic carbocycles. The number of aromatic nitrogens is 4. The second-order valence-corrected chi connectivity index (χ2v) is 6.39. The van der Waals surface area contributed by atoms with Crippen molar-refractivity contribution >= 4 is 0 Å². The number of methoxy groups -OCH3 is 1. The van der Waals surface area contributed by atoms with E-state index in [-0.39, 0.29) is 0 Å². The lowest BCUT2D eigenvalue weighted by atomic mass is 10.1. The normalized spacial score (nSPS) is 14.2. The minimum atomic E-state index is 0.564. The van der Waals surface area contributed by atoms with Gasteiger partial charge in [0.1, 0.15) is 6.61 Å². The first-order valence-corrected chi connectivity index (χ1v) is 8.81. The van der Waals surface area contributed by atoms with Crippen LogP contribution in [0.2, 0.25) is 0 Å². The van der Waals surface area contributed by atoms with E-state index in [9.17, 15) is 0 Å². The molecular formula is C19H23N5O2. The van der Waals surface area contributed by atoms with Gasteiger partial charge in [0.05, 0.1) is 37.7 Å². The molecule has 3 heterocycles. The van der Waals surface area contributed by atoms with Crippen LogP contribution in [0.3, 0.4) is 0 Å². The molecule has 0 unspecified atom stereocenters. The zero-order valence-electron chi connectivity index (χ0n) is 14.9. The van der Waals surface area contributed by atoms with Gasteiger partial charge in [0.15, 0.2) is 11.5 Å². The average molecular weight is 353 g/mol. The summed E-state index contributed by atoms with van der Waals surface area (Å²) >= 11 is 0. The van der Waals surface area contributed by atoms with Crippen LogP contribution in [-0.4, -0.2) is 44.7 Å². The van der Waals surface area contributed by atoms with E-state index in [0.717, 1.165) is 49.7 Å². The molecule has 7 nitrogen and oxygen atoms in total. The van der Waals surface area contributed by atoms with Gasteiger partial charge < -0.3 is 19.0 Å². The number of hydrogen-bond donors (Lipinski definition) is 1. The number of H-pyrrole nitrogens is 1. The molecule has 0 bridgehead atoms. The van der Waals surface area contributed by atoms with Crippen LogP contribution in [0.15, 0.2) is 43.2 Å². The van der Waals surface area contributed by atoms with Crippen molar-refractivity contribution in [3.63, 3.8) is 0 Å². The smallest absolute Gasteiger partial charge is 0.165 e. The van der Waals surface area contributed by atoms with Crippen LogP contribution in [0.5, 0.6) is 11.5 Å². The molecule has 0 saturated heterocycles. The average Bonchev–Trinajstić information content (AvgIpc) is 3.34. The van der Waals surface area contributed by atoms with Crippen molar-refractivity contribution in [3.8, 4) is 11.5 Å². The second-order valence-electron chi connectivity index (χ2n) is 6.39. The molecule has 1 N–H and O–H groups in total. The molecule has 0 saturated carbocycles. The lowest BCUT2D eigenvalue weighted by Crippen LogP contribution is -2.30. The summed E-state index contributed by atoms with van der Waals surface area (Å²) < 4.78 is 13.6. The Morgan fingerprint density at radius 1 is 1.31 bits per heavy atom. The Morgan fingerprint density at radius 2 is 2.27 bits per heavy atom. The van der Waals surface area contributed by atoms with Crippen LogP contribution in [-0.2, 0) is 26.1 Å². The fourth-order valence-electron chi connectivity index (χ4n) is 3.33. The Labute approximate surface area is 152 Å². The highest BCUT2D eigenvalue weighted by molar-refractivity contribution is 5.46. The van der Waals surface area contributed by atoms with Gasteiger partial charge in [0.2, 0.25) is 0 Å². The zero-order valence-corrected chi connectivity index (χ0v) is 14.9. The minimum absolute atomic E-state index is 0.564. The van der Waals surface area contributed by atoms with Gasteiger partial charge in [-0.1, -0.05) is 12.1 Å². The number of fused-ring (bicyclic) bond motifs is 1. The maximum absolute atomic E-state index is 6.11. The zero-order chi connectivity index (χ0) is 17.8. The number of benzene rings is 1. The summed E-state index contributed by atoms with van der Waals surface area (Å²) in [5.74, 6) is 1.60. The third kappa shape index (κ3) is 3.57. The standard InChI is InChI=1S/C19H23N5O2/c1-25-18-4-2-3-15(19(18)26-10-9-23-8-6-20-14-23)11-24-7-5-16-17(12-24)22-13-21-16/h2-4,6,8,13-14H,5,7,9-12H2,1H3,(H,21,22). The Kier molecular flexibility index (Phi) is 4.88. The fourth-order valence-corrected chi connectivity index (χ4v) is 3.33. The third-order valence-electron chi connectivity index (χ3n) is 4.68. The first-order chi connectivity index (χ1) is 12.8. The number of para-hydroxylation sites is 1. The second kappa shape index (κ2) is 7.61. The molecule has 4 rings (SSSR count). The number of imidazole rings is 2. The van der Waals surface area contributed by atoms with Gasteiger partial charge >= 0.3 is 0 Å². The molecule has 1 aliphatic heterocycles. The molecule has 0 fully saturated rings. The Morgan fingerprint density at radius 3 is 3.12 bits per heavy atom. The number of hydrogen-bond acceptors (Lipinski definition) is 5. The number of ether oxygens (including phenoxy) is 2. The summed E-state index contributed by atoms with van der Waals surface area (Å²) in [7, 11) is 1.68. The maximum atomic E-state index is 6.11. The molecule has 3 aromatic rings. The number of nitrogens with one attached hydrogen (secondary N) is 1. The summed E-state index contributed by atoms with van der Waals surface area (Å²) in [5.41, 5.74) is 3.53. The summed E-state index contributed by atoms with van der Waals surface area (Å²) in [6, 6.07) is 6.07. The van der Waals surface area contributed by atoms with Gasteiger partial charge in [0, 0.05) is 44.0 Å². The van der Waals surface area contributed by atoms with E-state index in [4.69, 9.17) is 9.47 Å². The van der Waals surface area contributed by atoms with Gasteiger partial charge in [-0.25, -0.2) is 9.97 Å². The molecule has 2 aromatic heterocycles. The molecule has 26 heavy (non-hydrogen) atoms. The Hall–Kier alpha value is -2.80. The number of nitrogens with zero attached hydrogens (tertiary/aromatic N) is 4. The van der Waals surface area contributed by atoms with Crippen molar-refractivity contribution in [1.82, 2.24) is 24.4 Å². The SMILES string of the molecule is COc1cccc(CN2CCc3nc[nH]c3C2)c1OCCn1ccnc1. The monoisotopic (exact) mass is 353 g/mol. The van der Waals surface area contributed by atoms with Crippen molar-refractivity contribution < 1.29 is 9.47 Å². The van der Waals surface area contributed by atoms with Crippen molar-refractivity contribution in [3.05, 3.63) is 60.2 Å². The molecule has 0 radical (unpaired) electrons. The van der Waals surface area contributed by atoms with Crippen LogP contribution in [0.25, 0.3) is 0 Å². The van der Waals surface area contributed by atoms with Crippen molar-refractivity contribution in [2.75, 3.05) is 20.3 Å². The Bertz CT molecular complexity index is 843. The number of rotatable bonds is 7. The van der Waals surface area contributed by atoms with Gasteiger partial charge in [-0.2, -0.15) is 0 Å². The lowest BCUT2D eigenvalue weighted by molar-refractivity contribution is 0.229. The van der Waals surface area contributed by atoms with E-state index in [1.165, 1.54) is 11.4 Å². The predicted octanol–water partition coefficient (Wildman–Crippen LogP) is 2.25. The highest BCUT2D eigenvalue weighted by Crippen LogP contribution is 2.32. The number of aromatic amines is 1. The van der Waals surface area contributed by atoms with E-state index in [1.807, 2.05) is 22.9 Å². The van der Waals surface area contributed by atoms with Crippen molar-refractivity contribution in [2.45, 2.75) is 26.1 Å². The first-order valence-electron chi connectivity index (χ1n) is 8.81. The molecule has 1 aromatic carbocycles. The molecule has 0 spiro atoms. The van der Waals surface area contributed by atoms with E-state index in [1.54, 1.807) is 26.0 Å². The van der Waals surface area contributed by atoms with Gasteiger partial charge in [0.25, 0.3) is 0 Å². The maximum Gasteiger partial charge on any atom is 0.165 e. The summed E-state index contributed by atoms with van der Waals surface area (Å²) in [6.45, 7) is 3.99. The van der Waals surface area contributed by atoms with Gasteiger partial charge in [-0.05, 0) is 6.07 Å². The lowest BCUT2D eigenvalue weighted by Gasteiger charge is -2.27. The third-order valence-corrected chi connectivity index (χ3v) is 4.68.